The number of sulfonamides is 1. The lowest BCUT2D eigenvalue weighted by molar-refractivity contribution is 0.415. The summed E-state index contributed by atoms with van der Waals surface area (Å²) in [5, 5.41) is 3.73. The second-order valence-corrected chi connectivity index (χ2v) is 9.32. The highest BCUT2D eigenvalue weighted by Gasteiger charge is 2.20. The molecule has 4 aromatic rings. The first kappa shape index (κ1) is 21.1. The fourth-order valence-electron chi connectivity index (χ4n) is 3.07. The molecule has 1 N–H and O–H groups in total. The number of nitrogens with one attached hydrogen (secondary N) is 1. The van der Waals surface area contributed by atoms with Gasteiger partial charge >= 0.3 is 0 Å². The summed E-state index contributed by atoms with van der Waals surface area (Å²) in [6.07, 6.45) is 0. The average molecular weight is 499 g/mol. The van der Waals surface area contributed by atoms with Gasteiger partial charge in [-0.2, -0.15) is 0 Å². The van der Waals surface area contributed by atoms with Gasteiger partial charge in [-0.1, -0.05) is 53.7 Å². The molecular weight excluding hydrogens is 480 g/mol. The Morgan fingerprint density at radius 1 is 0.839 bits per heavy atom. The predicted octanol–water partition coefficient (Wildman–Crippen LogP) is 5.89. The van der Waals surface area contributed by atoms with Crippen LogP contribution in [0.4, 0.5) is 5.88 Å². The molecule has 0 saturated carbocycles. The van der Waals surface area contributed by atoms with Crippen LogP contribution in [0.25, 0.3) is 22.3 Å². The molecule has 158 valence electrons. The lowest BCUT2D eigenvalue weighted by Gasteiger charge is -2.08. The molecule has 0 bridgehead atoms. The third-order valence-corrected chi connectivity index (χ3v) is 7.10. The van der Waals surface area contributed by atoms with E-state index in [2.05, 4.69) is 25.8 Å². The van der Waals surface area contributed by atoms with Gasteiger partial charge in [-0.3, -0.25) is 0 Å². The molecule has 31 heavy (non-hydrogen) atoms. The highest BCUT2D eigenvalue weighted by atomic mass is 79.9. The Morgan fingerprint density at radius 3 is 1.71 bits per heavy atom. The van der Waals surface area contributed by atoms with Crippen molar-refractivity contribution in [2.75, 3.05) is 11.8 Å². The van der Waals surface area contributed by atoms with E-state index in [1.54, 1.807) is 38.3 Å². The van der Waals surface area contributed by atoms with Gasteiger partial charge in [0.15, 0.2) is 0 Å². The van der Waals surface area contributed by atoms with Gasteiger partial charge in [-0.25, -0.2) is 13.1 Å². The van der Waals surface area contributed by atoms with Crippen LogP contribution in [0.5, 0.6) is 5.75 Å². The Labute approximate surface area is 189 Å². The number of hydrogen-bond donors (Lipinski definition) is 1. The van der Waals surface area contributed by atoms with Gasteiger partial charge in [0.05, 0.1) is 17.7 Å². The summed E-state index contributed by atoms with van der Waals surface area (Å²) in [5.41, 5.74) is 4.64. The van der Waals surface area contributed by atoms with Crippen molar-refractivity contribution >= 4 is 31.8 Å². The third-order valence-electron chi connectivity index (χ3n) is 4.82. The molecule has 0 aliphatic rings. The van der Waals surface area contributed by atoms with Crippen LogP contribution in [0.1, 0.15) is 5.69 Å². The van der Waals surface area contributed by atoms with Crippen molar-refractivity contribution in [1.82, 2.24) is 5.16 Å². The van der Waals surface area contributed by atoms with Crippen molar-refractivity contribution in [3.8, 4) is 28.0 Å². The Hall–Kier alpha value is -3.10. The molecule has 0 saturated heterocycles. The number of nitrogens with zero attached hydrogens (tertiary/aromatic N) is 1. The maximum Gasteiger partial charge on any atom is 0.264 e. The van der Waals surface area contributed by atoms with Gasteiger partial charge < -0.3 is 9.26 Å². The van der Waals surface area contributed by atoms with Crippen molar-refractivity contribution in [3.05, 3.63) is 83.0 Å². The number of ether oxygens (including phenoxy) is 1. The smallest absolute Gasteiger partial charge is 0.264 e. The van der Waals surface area contributed by atoms with Gasteiger partial charge in [0, 0.05) is 0 Å². The first-order chi connectivity index (χ1) is 14.9. The molecule has 6 nitrogen and oxygen atoms in total. The minimum absolute atomic E-state index is 0.0516. The van der Waals surface area contributed by atoms with Crippen LogP contribution in [-0.2, 0) is 10.0 Å². The van der Waals surface area contributed by atoms with Crippen LogP contribution >= 0.6 is 15.9 Å². The van der Waals surface area contributed by atoms with Gasteiger partial charge in [0.1, 0.15) is 10.2 Å². The van der Waals surface area contributed by atoms with Crippen LogP contribution in [0, 0.1) is 6.92 Å². The minimum Gasteiger partial charge on any atom is -0.497 e. The van der Waals surface area contributed by atoms with E-state index in [4.69, 9.17) is 9.26 Å². The molecule has 0 atom stereocenters. The maximum atomic E-state index is 12.6. The number of anilines is 1. The number of methoxy groups -OCH3 is 1. The molecule has 0 aliphatic carbocycles. The first-order valence-corrected chi connectivity index (χ1v) is 11.6. The second-order valence-electron chi connectivity index (χ2n) is 6.85. The number of aryl methyl sites for hydroxylation is 1. The lowest BCUT2D eigenvalue weighted by Crippen LogP contribution is -2.12. The summed E-state index contributed by atoms with van der Waals surface area (Å²) >= 11 is 3.26. The SMILES string of the molecule is COc1ccc(-c2ccc(-c3ccc(S(=O)(=O)Nc4onc(C)c4Br)cc3)cc2)cc1. The van der Waals surface area contributed by atoms with E-state index in [9.17, 15) is 8.42 Å². The van der Waals surface area contributed by atoms with Crippen molar-refractivity contribution in [2.45, 2.75) is 11.8 Å². The summed E-state index contributed by atoms with van der Waals surface area (Å²) < 4.78 is 38.3. The highest BCUT2D eigenvalue weighted by Crippen LogP contribution is 2.29. The molecule has 0 radical (unpaired) electrons. The van der Waals surface area contributed by atoms with Gasteiger partial charge in [0.25, 0.3) is 15.9 Å². The number of halogens is 1. The lowest BCUT2D eigenvalue weighted by atomic mass is 10.0. The van der Waals surface area contributed by atoms with Crippen LogP contribution in [0.3, 0.4) is 0 Å². The quantitative estimate of drug-likeness (QED) is 0.358. The monoisotopic (exact) mass is 498 g/mol. The molecular formula is C23H19BrN2O4S. The van der Waals surface area contributed by atoms with Crippen molar-refractivity contribution < 1.29 is 17.7 Å². The number of rotatable bonds is 6. The van der Waals surface area contributed by atoms with Gasteiger partial charge in [-0.05, 0) is 69.4 Å². The number of aromatic nitrogens is 1. The molecule has 8 heteroatoms. The number of benzene rings is 3. The van der Waals surface area contributed by atoms with E-state index in [0.717, 1.165) is 28.0 Å². The maximum absolute atomic E-state index is 12.6. The summed E-state index contributed by atoms with van der Waals surface area (Å²) in [5.74, 6) is 0.867. The largest absolute Gasteiger partial charge is 0.497 e. The van der Waals surface area contributed by atoms with Crippen molar-refractivity contribution in [1.29, 1.82) is 0 Å². The zero-order valence-corrected chi connectivity index (χ0v) is 19.2. The van der Waals surface area contributed by atoms with E-state index in [-0.39, 0.29) is 10.8 Å². The standard InChI is InChI=1S/C23H19BrN2O4S/c1-15-22(24)23(30-25-15)26-31(27,28)21-13-9-19(10-14-21)17-5-3-16(4-6-17)18-7-11-20(29-2)12-8-18/h3-14,26H,1-2H3. The molecule has 0 spiro atoms. The van der Waals surface area contributed by atoms with E-state index >= 15 is 0 Å². The molecule has 3 aromatic carbocycles. The Morgan fingerprint density at radius 2 is 1.29 bits per heavy atom. The fraction of sp³-hybridized carbons (Fsp3) is 0.0870. The zero-order valence-electron chi connectivity index (χ0n) is 16.8. The zero-order chi connectivity index (χ0) is 22.0. The van der Waals surface area contributed by atoms with E-state index in [1.807, 2.05) is 48.5 Å². The predicted molar refractivity (Wildman–Crippen MR) is 124 cm³/mol. The Kier molecular flexibility index (Phi) is 5.84. The van der Waals surface area contributed by atoms with E-state index in [1.165, 1.54) is 0 Å². The molecule has 0 fully saturated rings. The van der Waals surface area contributed by atoms with E-state index < -0.39 is 10.0 Å². The normalized spacial score (nSPS) is 11.3. The Balaban J connectivity index is 1.52. The molecule has 4 rings (SSSR count). The summed E-state index contributed by atoms with van der Waals surface area (Å²) in [4.78, 5) is 0.132. The first-order valence-electron chi connectivity index (χ1n) is 9.37. The molecule has 0 amide bonds. The van der Waals surface area contributed by atoms with Crippen molar-refractivity contribution in [2.24, 2.45) is 0 Å². The van der Waals surface area contributed by atoms with Crippen LogP contribution in [0.2, 0.25) is 0 Å². The van der Waals surface area contributed by atoms with Crippen LogP contribution in [0.15, 0.2) is 86.7 Å². The second kappa shape index (κ2) is 8.56. The fourth-order valence-corrected chi connectivity index (χ4v) is 4.44. The molecule has 1 heterocycles. The summed E-state index contributed by atoms with van der Waals surface area (Å²) in [6, 6.07) is 22.6. The van der Waals surface area contributed by atoms with Crippen molar-refractivity contribution in [3.63, 3.8) is 0 Å². The highest BCUT2D eigenvalue weighted by molar-refractivity contribution is 9.10. The van der Waals surface area contributed by atoms with E-state index in [0.29, 0.717) is 10.2 Å². The number of hydrogen-bond acceptors (Lipinski definition) is 5. The average Bonchev–Trinajstić information content (AvgIpc) is 3.11. The Bertz CT molecular complexity index is 1300. The molecule has 0 unspecified atom stereocenters. The topological polar surface area (TPSA) is 81.4 Å². The molecule has 0 aliphatic heterocycles. The summed E-state index contributed by atoms with van der Waals surface area (Å²) in [7, 11) is -2.15. The minimum atomic E-state index is -3.79. The summed E-state index contributed by atoms with van der Waals surface area (Å²) in [6.45, 7) is 1.71. The molecule has 1 aromatic heterocycles. The third kappa shape index (κ3) is 4.50. The van der Waals surface area contributed by atoms with Gasteiger partial charge in [0.2, 0.25) is 0 Å². The van der Waals surface area contributed by atoms with Gasteiger partial charge in [-0.15, -0.1) is 0 Å². The van der Waals surface area contributed by atoms with Crippen LogP contribution in [-0.4, -0.2) is 20.7 Å². The van der Waals surface area contributed by atoms with Crippen LogP contribution < -0.4 is 9.46 Å².